The molecule has 214 valence electrons. The van der Waals surface area contributed by atoms with E-state index in [4.69, 9.17) is 21.1 Å². The quantitative estimate of drug-likeness (QED) is 0.207. The van der Waals surface area contributed by atoms with Crippen LogP contribution in [-0.2, 0) is 25.6 Å². The summed E-state index contributed by atoms with van der Waals surface area (Å²) < 4.78 is 10.8. The first-order chi connectivity index (χ1) is 18.8. The van der Waals surface area contributed by atoms with E-state index in [1.165, 1.54) is 30.9 Å². The number of nitro groups is 1. The number of ether oxygens (including phenoxy) is 2. The minimum atomic E-state index is -0.931. The lowest BCUT2D eigenvalue weighted by Crippen LogP contribution is -2.34. The van der Waals surface area contributed by atoms with Crippen molar-refractivity contribution in [1.82, 2.24) is 10.2 Å². The molecule has 1 atom stereocenters. The van der Waals surface area contributed by atoms with Gasteiger partial charge in [0.05, 0.1) is 40.7 Å². The molecule has 9 nitrogen and oxygen atoms in total. The molecule has 0 spiro atoms. The second kappa shape index (κ2) is 13.1. The molecule has 1 heterocycles. The Morgan fingerprint density at radius 1 is 1.07 bits per heavy atom. The first kappa shape index (κ1) is 30.8. The number of carbonyl (C=O) groups is 2. The van der Waals surface area contributed by atoms with Crippen LogP contribution in [0.3, 0.4) is 0 Å². The summed E-state index contributed by atoms with van der Waals surface area (Å²) in [6.45, 7) is 9.41. The van der Waals surface area contributed by atoms with E-state index >= 15 is 0 Å². The van der Waals surface area contributed by atoms with E-state index < -0.39 is 22.8 Å². The average molecular weight is 570 g/mol. The lowest BCUT2D eigenvalue weighted by molar-refractivity contribution is -0.384. The smallest absolute Gasteiger partial charge is 0.336 e. The van der Waals surface area contributed by atoms with Gasteiger partial charge in [-0.25, -0.2) is 9.59 Å². The number of methoxy groups -OCH3 is 1. The molecule has 1 N–H and O–H groups in total. The normalized spacial score (nSPS) is 15.7. The third-order valence-electron chi connectivity index (χ3n) is 6.90. The highest BCUT2D eigenvalue weighted by Crippen LogP contribution is 2.42. The topological polar surface area (TPSA) is 111 Å². The zero-order valence-electron chi connectivity index (χ0n) is 23.7. The third-order valence-corrected chi connectivity index (χ3v) is 7.22. The average Bonchev–Trinajstić information content (AvgIpc) is 2.87. The van der Waals surface area contributed by atoms with Gasteiger partial charge in [0.15, 0.2) is 0 Å². The summed E-state index contributed by atoms with van der Waals surface area (Å²) in [5.74, 6) is -2.18. The van der Waals surface area contributed by atoms with E-state index in [2.05, 4.69) is 43.2 Å². The van der Waals surface area contributed by atoms with Gasteiger partial charge in [-0.2, -0.15) is 0 Å². The minimum absolute atomic E-state index is 0.0518. The Hall–Kier alpha value is -3.69. The van der Waals surface area contributed by atoms with Crippen molar-refractivity contribution in [1.29, 1.82) is 0 Å². The van der Waals surface area contributed by atoms with Crippen LogP contribution in [0, 0.1) is 15.5 Å². The number of halogens is 1. The molecule has 2 aromatic carbocycles. The summed E-state index contributed by atoms with van der Waals surface area (Å²) in [6.07, 6.45) is 0.610. The lowest BCUT2D eigenvalue weighted by atomic mass is 9.80. The predicted octanol–water partition coefficient (Wildman–Crippen LogP) is 5.75. The Labute approximate surface area is 239 Å². The maximum Gasteiger partial charge on any atom is 0.336 e. The second-order valence-electron chi connectivity index (χ2n) is 10.8. The van der Waals surface area contributed by atoms with E-state index in [1.54, 1.807) is 13.8 Å². The molecule has 0 amide bonds. The number of nitrogens with one attached hydrogen (secondary N) is 1. The molecule has 0 bridgehead atoms. The SMILES string of the molecule is COC(=O)C1=C(C)NC(C)=C(C(=O)OCCC(C)(C)CN(C)Cc2ccccc2)C1c1ccc([N+](=O)[O-])cc1Cl. The Kier molecular flexibility index (Phi) is 10.1. The fourth-order valence-corrected chi connectivity index (χ4v) is 5.36. The molecule has 10 heteroatoms. The van der Waals surface area contributed by atoms with Crippen LogP contribution < -0.4 is 5.32 Å². The van der Waals surface area contributed by atoms with Crippen LogP contribution in [0.4, 0.5) is 5.69 Å². The molecule has 1 aliphatic rings. The van der Waals surface area contributed by atoms with Crippen LogP contribution in [0.2, 0.25) is 5.02 Å². The van der Waals surface area contributed by atoms with Crippen LogP contribution in [0.25, 0.3) is 0 Å². The van der Waals surface area contributed by atoms with E-state index in [1.807, 2.05) is 18.2 Å². The van der Waals surface area contributed by atoms with Gasteiger partial charge in [0.1, 0.15) is 0 Å². The number of allylic oxidation sites excluding steroid dienone is 2. The van der Waals surface area contributed by atoms with Gasteiger partial charge in [0.25, 0.3) is 5.69 Å². The molecule has 0 radical (unpaired) electrons. The third kappa shape index (κ3) is 7.49. The van der Waals surface area contributed by atoms with E-state index in [0.29, 0.717) is 23.4 Å². The number of esters is 2. The molecule has 1 unspecified atom stereocenters. The fraction of sp³-hybridized carbons (Fsp3) is 0.400. The maximum atomic E-state index is 13.5. The lowest BCUT2D eigenvalue weighted by Gasteiger charge is -2.32. The van der Waals surface area contributed by atoms with E-state index in [0.717, 1.165) is 13.1 Å². The highest BCUT2D eigenvalue weighted by molar-refractivity contribution is 6.32. The van der Waals surface area contributed by atoms with E-state index in [-0.39, 0.29) is 33.9 Å². The molecular weight excluding hydrogens is 534 g/mol. The summed E-state index contributed by atoms with van der Waals surface area (Å²) in [6, 6.07) is 14.2. The van der Waals surface area contributed by atoms with Gasteiger partial charge in [0.2, 0.25) is 0 Å². The van der Waals surface area contributed by atoms with Gasteiger partial charge < -0.3 is 19.7 Å². The summed E-state index contributed by atoms with van der Waals surface area (Å²) in [5, 5.41) is 14.4. The van der Waals surface area contributed by atoms with Crippen molar-refractivity contribution >= 4 is 29.2 Å². The number of hydrogen-bond donors (Lipinski definition) is 1. The van der Waals surface area contributed by atoms with Crippen molar-refractivity contribution in [2.75, 3.05) is 27.3 Å². The summed E-state index contributed by atoms with van der Waals surface area (Å²) >= 11 is 6.48. The molecule has 3 rings (SSSR count). The monoisotopic (exact) mass is 569 g/mol. The van der Waals surface area contributed by atoms with E-state index in [9.17, 15) is 19.7 Å². The van der Waals surface area contributed by atoms with Crippen LogP contribution in [0.1, 0.15) is 51.2 Å². The number of non-ortho nitro benzene ring substituents is 1. The van der Waals surface area contributed by atoms with Crippen LogP contribution in [-0.4, -0.2) is 49.1 Å². The van der Waals surface area contributed by atoms with Gasteiger partial charge in [-0.05, 0) is 49.9 Å². The van der Waals surface area contributed by atoms with Gasteiger partial charge in [0, 0.05) is 36.6 Å². The molecule has 2 aromatic rings. The van der Waals surface area contributed by atoms with Crippen molar-refractivity contribution in [3.63, 3.8) is 0 Å². The van der Waals surface area contributed by atoms with Crippen molar-refractivity contribution in [2.24, 2.45) is 5.41 Å². The molecule has 0 fully saturated rings. The molecule has 1 aliphatic heterocycles. The zero-order chi connectivity index (χ0) is 29.6. The number of nitrogens with zero attached hydrogens (tertiary/aromatic N) is 2. The second-order valence-corrected chi connectivity index (χ2v) is 11.2. The van der Waals surface area contributed by atoms with Crippen molar-refractivity contribution in [3.8, 4) is 0 Å². The van der Waals surface area contributed by atoms with Gasteiger partial charge in [-0.1, -0.05) is 55.8 Å². The zero-order valence-corrected chi connectivity index (χ0v) is 24.5. The molecule has 0 aromatic heterocycles. The van der Waals surface area contributed by atoms with Crippen LogP contribution in [0.15, 0.2) is 71.1 Å². The summed E-state index contributed by atoms with van der Waals surface area (Å²) in [7, 11) is 3.31. The van der Waals surface area contributed by atoms with Crippen LogP contribution >= 0.6 is 11.6 Å². The molecule has 0 saturated carbocycles. The van der Waals surface area contributed by atoms with Gasteiger partial charge in [-0.3, -0.25) is 10.1 Å². The van der Waals surface area contributed by atoms with Crippen molar-refractivity contribution < 1.29 is 24.0 Å². The first-order valence-corrected chi connectivity index (χ1v) is 13.3. The highest BCUT2D eigenvalue weighted by atomic mass is 35.5. The van der Waals surface area contributed by atoms with Crippen molar-refractivity contribution in [3.05, 3.63) is 97.3 Å². The number of hydrogen-bond acceptors (Lipinski definition) is 8. The van der Waals surface area contributed by atoms with Gasteiger partial charge >= 0.3 is 11.9 Å². The summed E-state index contributed by atoms with van der Waals surface area (Å²) in [4.78, 5) is 39.3. The minimum Gasteiger partial charge on any atom is -0.466 e. The fourth-order valence-electron chi connectivity index (χ4n) is 5.08. The summed E-state index contributed by atoms with van der Waals surface area (Å²) in [5.41, 5.74) is 2.60. The Morgan fingerprint density at radius 3 is 2.27 bits per heavy atom. The van der Waals surface area contributed by atoms with Gasteiger partial charge in [-0.15, -0.1) is 0 Å². The van der Waals surface area contributed by atoms with Crippen LogP contribution in [0.5, 0.6) is 0 Å². The maximum absolute atomic E-state index is 13.5. The predicted molar refractivity (Wildman–Crippen MR) is 154 cm³/mol. The Balaban J connectivity index is 1.80. The number of nitro benzene ring substituents is 1. The largest absolute Gasteiger partial charge is 0.466 e. The Bertz CT molecular complexity index is 1340. The number of rotatable bonds is 11. The number of benzene rings is 2. The molecular formula is C30H36ClN3O6. The highest BCUT2D eigenvalue weighted by Gasteiger charge is 2.39. The molecule has 0 aliphatic carbocycles. The first-order valence-electron chi connectivity index (χ1n) is 12.9. The Morgan fingerprint density at radius 2 is 1.70 bits per heavy atom. The standard InChI is InChI=1S/C30H36ClN3O6/c1-19-25(28(35)39-6)27(23-13-12-22(34(37)38)16-24(23)31)26(20(2)32-19)29(36)40-15-14-30(3,4)18-33(5)17-21-10-8-7-9-11-21/h7-13,16,27,32H,14-15,17-18H2,1-6H3. The molecule has 40 heavy (non-hydrogen) atoms. The van der Waals surface area contributed by atoms with Crippen molar-refractivity contribution in [2.45, 2.75) is 46.6 Å². The molecule has 0 saturated heterocycles. The number of dihydropyridines is 1. The number of carbonyl (C=O) groups excluding carboxylic acids is 2.